The molecule has 1 aromatic carbocycles. The minimum atomic E-state index is -0.480. The van der Waals surface area contributed by atoms with Gasteiger partial charge in [0.2, 0.25) is 0 Å². The maximum atomic E-state index is 13.4. The van der Waals surface area contributed by atoms with E-state index in [-0.39, 0.29) is 10.8 Å². The Morgan fingerprint density at radius 3 is 2.69 bits per heavy atom. The number of halogens is 2. The monoisotopic (exact) mass is 245 g/mol. The number of hydrogen-bond acceptors (Lipinski definition) is 2. The first-order chi connectivity index (χ1) is 7.75. The highest BCUT2D eigenvalue weighted by Gasteiger charge is 2.06. The molecule has 0 radical (unpaired) electrons. The predicted octanol–water partition coefficient (Wildman–Crippen LogP) is 3.38. The van der Waals surface area contributed by atoms with Crippen molar-refractivity contribution in [2.75, 3.05) is 13.2 Å². The molecule has 0 unspecified atom stereocenters. The lowest BCUT2D eigenvalue weighted by molar-refractivity contribution is 0.290. The van der Waals surface area contributed by atoms with Crippen molar-refractivity contribution in [1.29, 1.82) is 0 Å². The van der Waals surface area contributed by atoms with Gasteiger partial charge in [-0.1, -0.05) is 30.5 Å². The summed E-state index contributed by atoms with van der Waals surface area (Å²) in [6.07, 6.45) is 4.09. The van der Waals surface area contributed by atoms with Gasteiger partial charge in [-0.25, -0.2) is 4.39 Å². The van der Waals surface area contributed by atoms with Crippen LogP contribution in [0.4, 0.5) is 4.39 Å². The van der Waals surface area contributed by atoms with Gasteiger partial charge in [-0.2, -0.15) is 0 Å². The third kappa shape index (κ3) is 4.37. The lowest BCUT2D eigenvalue weighted by Gasteiger charge is -2.07. The molecule has 0 heterocycles. The maximum Gasteiger partial charge on any atom is 0.183 e. The Bertz CT molecular complexity index is 320. The molecule has 0 atom stereocenters. The molecule has 0 saturated heterocycles. The Balaban J connectivity index is 2.24. The van der Waals surface area contributed by atoms with Crippen LogP contribution in [-0.4, -0.2) is 13.2 Å². The van der Waals surface area contributed by atoms with Crippen LogP contribution < -0.4 is 10.5 Å². The third-order valence-corrected chi connectivity index (χ3v) is 2.56. The summed E-state index contributed by atoms with van der Waals surface area (Å²) in [5.41, 5.74) is 5.38. The Morgan fingerprint density at radius 1 is 1.19 bits per heavy atom. The summed E-state index contributed by atoms with van der Waals surface area (Å²) in [5.74, 6) is -0.252. The van der Waals surface area contributed by atoms with Crippen LogP contribution in [0.3, 0.4) is 0 Å². The van der Waals surface area contributed by atoms with Crippen molar-refractivity contribution in [1.82, 2.24) is 0 Å². The van der Waals surface area contributed by atoms with Gasteiger partial charge < -0.3 is 10.5 Å². The van der Waals surface area contributed by atoms with E-state index < -0.39 is 5.82 Å². The first-order valence-corrected chi connectivity index (χ1v) is 5.90. The number of hydrogen-bond donors (Lipinski definition) is 1. The maximum absolute atomic E-state index is 13.4. The second-order valence-electron chi connectivity index (χ2n) is 3.60. The second kappa shape index (κ2) is 7.47. The zero-order chi connectivity index (χ0) is 11.8. The average Bonchev–Trinajstić information content (AvgIpc) is 2.29. The van der Waals surface area contributed by atoms with Crippen LogP contribution in [0.1, 0.15) is 25.7 Å². The predicted molar refractivity (Wildman–Crippen MR) is 64.4 cm³/mol. The van der Waals surface area contributed by atoms with Gasteiger partial charge in [0, 0.05) is 0 Å². The molecule has 0 spiro atoms. The van der Waals surface area contributed by atoms with Crippen molar-refractivity contribution in [2.24, 2.45) is 5.73 Å². The number of rotatable bonds is 7. The molecule has 0 aliphatic carbocycles. The van der Waals surface area contributed by atoms with E-state index >= 15 is 0 Å². The summed E-state index contributed by atoms with van der Waals surface area (Å²) < 4.78 is 18.7. The Kier molecular flexibility index (Phi) is 6.19. The summed E-state index contributed by atoms with van der Waals surface area (Å²) in [7, 11) is 0. The highest BCUT2D eigenvalue weighted by Crippen LogP contribution is 2.24. The van der Waals surface area contributed by atoms with Crippen molar-refractivity contribution in [3.05, 3.63) is 29.0 Å². The van der Waals surface area contributed by atoms with Crippen molar-refractivity contribution >= 4 is 11.6 Å². The molecule has 0 fully saturated rings. The van der Waals surface area contributed by atoms with Crippen molar-refractivity contribution in [3.8, 4) is 5.75 Å². The van der Waals surface area contributed by atoms with E-state index in [1.165, 1.54) is 6.07 Å². The SMILES string of the molecule is NCCCCCCOc1cccc(Cl)c1F. The fraction of sp³-hybridized carbons (Fsp3) is 0.500. The molecular weight excluding hydrogens is 229 g/mol. The van der Waals surface area contributed by atoms with E-state index in [4.69, 9.17) is 22.1 Å². The number of benzene rings is 1. The van der Waals surface area contributed by atoms with Gasteiger partial charge in [-0.05, 0) is 31.5 Å². The highest BCUT2D eigenvalue weighted by molar-refractivity contribution is 6.30. The Hall–Kier alpha value is -0.800. The van der Waals surface area contributed by atoms with E-state index in [0.717, 1.165) is 32.2 Å². The van der Waals surface area contributed by atoms with E-state index in [2.05, 4.69) is 0 Å². The molecule has 2 nitrogen and oxygen atoms in total. The molecular formula is C12H17ClFNO. The molecule has 0 amide bonds. The van der Waals surface area contributed by atoms with Crippen molar-refractivity contribution in [3.63, 3.8) is 0 Å². The zero-order valence-electron chi connectivity index (χ0n) is 9.22. The summed E-state index contributed by atoms with van der Waals surface area (Å²) in [6, 6.07) is 4.77. The topological polar surface area (TPSA) is 35.2 Å². The van der Waals surface area contributed by atoms with E-state index in [1.807, 2.05) is 0 Å². The molecule has 0 saturated carbocycles. The molecule has 4 heteroatoms. The fourth-order valence-corrected chi connectivity index (χ4v) is 1.54. The standard InChI is InChI=1S/C12H17ClFNO/c13-10-6-5-7-11(12(10)14)16-9-4-2-1-3-8-15/h5-7H,1-4,8-9,15H2. The summed E-state index contributed by atoms with van der Waals surface area (Å²) in [6.45, 7) is 1.24. The van der Waals surface area contributed by atoms with Crippen LogP contribution in [0.15, 0.2) is 18.2 Å². The molecule has 0 aliphatic rings. The smallest absolute Gasteiger partial charge is 0.183 e. The average molecular weight is 246 g/mol. The van der Waals surface area contributed by atoms with Crippen LogP contribution in [0, 0.1) is 5.82 Å². The molecule has 0 bridgehead atoms. The first-order valence-electron chi connectivity index (χ1n) is 5.52. The highest BCUT2D eigenvalue weighted by atomic mass is 35.5. The van der Waals surface area contributed by atoms with Crippen LogP contribution in [0.5, 0.6) is 5.75 Å². The van der Waals surface area contributed by atoms with Crippen molar-refractivity contribution < 1.29 is 9.13 Å². The molecule has 90 valence electrons. The zero-order valence-corrected chi connectivity index (χ0v) is 9.97. The van der Waals surface area contributed by atoms with Gasteiger partial charge in [-0.3, -0.25) is 0 Å². The first kappa shape index (κ1) is 13.3. The molecule has 1 rings (SSSR count). The number of nitrogens with two attached hydrogens (primary N) is 1. The van der Waals surface area contributed by atoms with E-state index in [1.54, 1.807) is 12.1 Å². The Morgan fingerprint density at radius 2 is 1.94 bits per heavy atom. The molecule has 2 N–H and O–H groups in total. The summed E-state index contributed by atoms with van der Waals surface area (Å²) >= 11 is 5.63. The lowest BCUT2D eigenvalue weighted by Crippen LogP contribution is -2.01. The summed E-state index contributed by atoms with van der Waals surface area (Å²) in [4.78, 5) is 0. The van der Waals surface area contributed by atoms with E-state index in [0.29, 0.717) is 6.61 Å². The van der Waals surface area contributed by atoms with Crippen LogP contribution in [0.25, 0.3) is 0 Å². The van der Waals surface area contributed by atoms with E-state index in [9.17, 15) is 4.39 Å². The van der Waals surface area contributed by atoms with Gasteiger partial charge in [0.05, 0.1) is 11.6 Å². The van der Waals surface area contributed by atoms with Gasteiger partial charge >= 0.3 is 0 Å². The Labute approximate surface area is 101 Å². The largest absolute Gasteiger partial charge is 0.490 e. The minimum Gasteiger partial charge on any atom is -0.490 e. The van der Waals surface area contributed by atoms with Gasteiger partial charge in [0.1, 0.15) is 0 Å². The van der Waals surface area contributed by atoms with Crippen molar-refractivity contribution in [2.45, 2.75) is 25.7 Å². The third-order valence-electron chi connectivity index (χ3n) is 2.27. The lowest BCUT2D eigenvalue weighted by atomic mass is 10.2. The second-order valence-corrected chi connectivity index (χ2v) is 4.01. The summed E-state index contributed by atoms with van der Waals surface area (Å²) in [5, 5.41) is 0.0978. The molecule has 0 aliphatic heterocycles. The normalized spacial score (nSPS) is 10.4. The van der Waals surface area contributed by atoms with Crippen LogP contribution in [0.2, 0.25) is 5.02 Å². The fourth-order valence-electron chi connectivity index (χ4n) is 1.38. The van der Waals surface area contributed by atoms with Crippen LogP contribution in [-0.2, 0) is 0 Å². The molecule has 0 aromatic heterocycles. The quantitative estimate of drug-likeness (QED) is 0.748. The van der Waals surface area contributed by atoms with Gasteiger partial charge in [-0.15, -0.1) is 0 Å². The van der Waals surface area contributed by atoms with Gasteiger partial charge in [0.25, 0.3) is 0 Å². The van der Waals surface area contributed by atoms with Crippen LogP contribution >= 0.6 is 11.6 Å². The molecule has 16 heavy (non-hydrogen) atoms. The number of ether oxygens (including phenoxy) is 1. The number of unbranched alkanes of at least 4 members (excludes halogenated alkanes) is 3. The molecule has 1 aromatic rings. The minimum absolute atomic E-state index is 0.0978. The van der Waals surface area contributed by atoms with Gasteiger partial charge in [0.15, 0.2) is 11.6 Å².